The summed E-state index contributed by atoms with van der Waals surface area (Å²) in [5, 5.41) is 11.2. The molecule has 0 aliphatic rings. The summed E-state index contributed by atoms with van der Waals surface area (Å²) in [4.78, 5) is 21.6. The molecule has 0 aliphatic carbocycles. The highest BCUT2D eigenvalue weighted by Crippen LogP contribution is 2.02. The first-order valence-electron chi connectivity index (χ1n) is 4.81. The molecule has 0 heterocycles. The second kappa shape index (κ2) is 7.32. The van der Waals surface area contributed by atoms with Gasteiger partial charge in [0.05, 0.1) is 6.42 Å². The predicted molar refractivity (Wildman–Crippen MR) is 52.8 cm³/mol. The summed E-state index contributed by atoms with van der Waals surface area (Å²) in [5.41, 5.74) is 5.20. The normalized spacial score (nSPS) is 12.1. The minimum atomic E-state index is -0.892. The summed E-state index contributed by atoms with van der Waals surface area (Å²) in [5.74, 6) is -1.07. The molecule has 0 aromatic carbocycles. The van der Waals surface area contributed by atoms with Gasteiger partial charge in [0.1, 0.15) is 0 Å². The van der Waals surface area contributed by atoms with E-state index < -0.39 is 5.97 Å². The van der Waals surface area contributed by atoms with E-state index in [-0.39, 0.29) is 31.3 Å². The maximum atomic E-state index is 11.1. The number of rotatable bonds is 7. The summed E-state index contributed by atoms with van der Waals surface area (Å²) in [6.07, 6.45) is 1.76. The van der Waals surface area contributed by atoms with Crippen LogP contribution in [0.1, 0.15) is 32.6 Å². The van der Waals surface area contributed by atoms with Gasteiger partial charge in [-0.1, -0.05) is 13.3 Å². The highest BCUT2D eigenvalue weighted by atomic mass is 16.4. The fraction of sp³-hybridized carbons (Fsp3) is 0.778. The van der Waals surface area contributed by atoms with Crippen LogP contribution >= 0.6 is 0 Å². The average Bonchev–Trinajstić information content (AvgIpc) is 2.03. The lowest BCUT2D eigenvalue weighted by Gasteiger charge is -2.15. The van der Waals surface area contributed by atoms with Crippen molar-refractivity contribution >= 4 is 11.9 Å². The van der Waals surface area contributed by atoms with Gasteiger partial charge in [-0.2, -0.15) is 0 Å². The van der Waals surface area contributed by atoms with Crippen LogP contribution in [0.4, 0.5) is 0 Å². The van der Waals surface area contributed by atoms with Gasteiger partial charge in [-0.3, -0.25) is 9.59 Å². The Morgan fingerprint density at radius 1 is 1.50 bits per heavy atom. The summed E-state index contributed by atoms with van der Waals surface area (Å²) >= 11 is 0. The largest absolute Gasteiger partial charge is 0.481 e. The van der Waals surface area contributed by atoms with Crippen molar-refractivity contribution in [3.05, 3.63) is 0 Å². The van der Waals surface area contributed by atoms with Gasteiger partial charge in [-0.15, -0.1) is 0 Å². The molecule has 0 aromatic heterocycles. The number of hydrogen-bond acceptors (Lipinski definition) is 3. The van der Waals surface area contributed by atoms with Crippen molar-refractivity contribution in [1.82, 2.24) is 5.32 Å². The van der Waals surface area contributed by atoms with Crippen molar-refractivity contribution < 1.29 is 14.7 Å². The Morgan fingerprint density at radius 3 is 2.57 bits per heavy atom. The van der Waals surface area contributed by atoms with Gasteiger partial charge >= 0.3 is 5.97 Å². The molecule has 5 nitrogen and oxygen atoms in total. The summed E-state index contributed by atoms with van der Waals surface area (Å²) in [6, 6.07) is -0.267. The number of carbonyl (C=O) groups excluding carboxylic acids is 1. The van der Waals surface area contributed by atoms with Gasteiger partial charge in [-0.25, -0.2) is 0 Å². The van der Waals surface area contributed by atoms with Crippen molar-refractivity contribution in [3.63, 3.8) is 0 Å². The van der Waals surface area contributed by atoms with Gasteiger partial charge in [-0.05, 0) is 6.42 Å². The van der Waals surface area contributed by atoms with Crippen molar-refractivity contribution in [2.45, 2.75) is 38.6 Å². The van der Waals surface area contributed by atoms with E-state index >= 15 is 0 Å². The van der Waals surface area contributed by atoms with Gasteiger partial charge < -0.3 is 16.2 Å². The molecule has 14 heavy (non-hydrogen) atoms. The first kappa shape index (κ1) is 12.9. The van der Waals surface area contributed by atoms with Gasteiger partial charge in [0.2, 0.25) is 5.91 Å². The van der Waals surface area contributed by atoms with E-state index in [0.717, 1.165) is 6.42 Å². The predicted octanol–water partition coefficient (Wildman–Crippen LogP) is 0.0948. The maximum absolute atomic E-state index is 11.1. The zero-order valence-corrected chi connectivity index (χ0v) is 8.45. The molecule has 1 amide bonds. The first-order valence-corrected chi connectivity index (χ1v) is 4.81. The minimum Gasteiger partial charge on any atom is -0.481 e. The number of aliphatic carboxylic acids is 1. The smallest absolute Gasteiger partial charge is 0.305 e. The number of nitrogens with two attached hydrogens (primary N) is 1. The van der Waals surface area contributed by atoms with Gasteiger partial charge in [0, 0.05) is 19.0 Å². The zero-order valence-electron chi connectivity index (χ0n) is 8.45. The van der Waals surface area contributed by atoms with E-state index in [1.807, 2.05) is 6.92 Å². The van der Waals surface area contributed by atoms with Crippen LogP contribution in [0.2, 0.25) is 0 Å². The number of carboxylic acids is 1. The van der Waals surface area contributed by atoms with Crippen molar-refractivity contribution in [1.29, 1.82) is 0 Å². The second-order valence-electron chi connectivity index (χ2n) is 3.19. The van der Waals surface area contributed by atoms with Crippen LogP contribution in [0.5, 0.6) is 0 Å². The molecule has 1 atom stereocenters. The molecular weight excluding hydrogens is 184 g/mol. The maximum Gasteiger partial charge on any atom is 0.305 e. The highest BCUT2D eigenvalue weighted by Gasteiger charge is 2.14. The second-order valence-corrected chi connectivity index (χ2v) is 3.19. The molecule has 4 N–H and O–H groups in total. The highest BCUT2D eigenvalue weighted by molar-refractivity contribution is 5.77. The molecule has 5 heteroatoms. The Balaban J connectivity index is 3.94. The zero-order chi connectivity index (χ0) is 11.0. The summed E-state index contributed by atoms with van der Waals surface area (Å²) < 4.78 is 0. The molecular formula is C9H18N2O3. The third-order valence-corrected chi connectivity index (χ3v) is 1.79. The molecule has 0 spiro atoms. The van der Waals surface area contributed by atoms with E-state index in [0.29, 0.717) is 6.42 Å². The third-order valence-electron chi connectivity index (χ3n) is 1.79. The Bertz CT molecular complexity index is 194. The molecule has 1 unspecified atom stereocenters. The van der Waals surface area contributed by atoms with E-state index in [1.54, 1.807) is 0 Å². The summed E-state index contributed by atoms with van der Waals surface area (Å²) in [6.45, 7) is 2.24. The Morgan fingerprint density at radius 2 is 2.14 bits per heavy atom. The van der Waals surface area contributed by atoms with Crippen LogP contribution in [0.3, 0.4) is 0 Å². The van der Waals surface area contributed by atoms with Crippen LogP contribution in [0, 0.1) is 0 Å². The Kier molecular flexibility index (Phi) is 6.74. The first-order chi connectivity index (χ1) is 6.60. The molecule has 0 rings (SSSR count). The molecule has 0 radical (unpaired) electrons. The van der Waals surface area contributed by atoms with E-state index in [4.69, 9.17) is 10.8 Å². The number of carbonyl (C=O) groups is 2. The van der Waals surface area contributed by atoms with Crippen LogP contribution < -0.4 is 11.1 Å². The van der Waals surface area contributed by atoms with E-state index in [9.17, 15) is 9.59 Å². The van der Waals surface area contributed by atoms with Gasteiger partial charge in [0.15, 0.2) is 0 Å². The molecule has 0 aliphatic heterocycles. The molecule has 82 valence electrons. The van der Waals surface area contributed by atoms with E-state index in [1.165, 1.54) is 0 Å². The van der Waals surface area contributed by atoms with Crippen molar-refractivity contribution in [2.24, 2.45) is 5.73 Å². The molecule has 0 saturated heterocycles. The quantitative estimate of drug-likeness (QED) is 0.545. The fourth-order valence-electron chi connectivity index (χ4n) is 1.22. The standard InChI is InChI=1S/C9H18N2O3/c1-2-3-7(6-9(13)14)11-8(12)4-5-10/h7H,2-6,10H2,1H3,(H,11,12)(H,13,14). The van der Waals surface area contributed by atoms with Crippen LogP contribution in [0.25, 0.3) is 0 Å². The molecule has 0 fully saturated rings. The lowest BCUT2D eigenvalue weighted by molar-refractivity contribution is -0.137. The molecule has 0 saturated carbocycles. The topological polar surface area (TPSA) is 92.4 Å². The third kappa shape index (κ3) is 6.42. The summed E-state index contributed by atoms with van der Waals surface area (Å²) in [7, 11) is 0. The van der Waals surface area contributed by atoms with Crippen molar-refractivity contribution in [3.8, 4) is 0 Å². The van der Waals surface area contributed by atoms with Crippen LogP contribution in [-0.2, 0) is 9.59 Å². The number of nitrogens with one attached hydrogen (secondary N) is 1. The van der Waals surface area contributed by atoms with E-state index in [2.05, 4.69) is 5.32 Å². The van der Waals surface area contributed by atoms with Crippen molar-refractivity contribution in [2.75, 3.05) is 6.54 Å². The lowest BCUT2D eigenvalue weighted by Crippen LogP contribution is -2.37. The molecule has 0 aromatic rings. The fourth-order valence-corrected chi connectivity index (χ4v) is 1.22. The Hall–Kier alpha value is -1.10. The Labute approximate surface area is 83.7 Å². The number of hydrogen-bond donors (Lipinski definition) is 3. The van der Waals surface area contributed by atoms with Crippen LogP contribution in [-0.4, -0.2) is 29.6 Å². The molecule has 0 bridgehead atoms. The minimum absolute atomic E-state index is 0.0237. The SMILES string of the molecule is CCCC(CC(=O)O)NC(=O)CCN. The average molecular weight is 202 g/mol. The lowest BCUT2D eigenvalue weighted by atomic mass is 10.1. The number of carboxylic acid groups (broad SMARTS) is 1. The monoisotopic (exact) mass is 202 g/mol. The number of amides is 1. The van der Waals surface area contributed by atoms with Gasteiger partial charge in [0.25, 0.3) is 0 Å². The van der Waals surface area contributed by atoms with Crippen LogP contribution in [0.15, 0.2) is 0 Å².